The number of sulfone groups is 1. The van der Waals surface area contributed by atoms with Gasteiger partial charge < -0.3 is 4.90 Å². The highest BCUT2D eigenvalue weighted by molar-refractivity contribution is 7.92. The predicted octanol–water partition coefficient (Wildman–Crippen LogP) is 6.28. The van der Waals surface area contributed by atoms with Gasteiger partial charge in [-0.2, -0.15) is 0 Å². The van der Waals surface area contributed by atoms with Crippen molar-refractivity contribution in [1.82, 2.24) is 4.98 Å². The summed E-state index contributed by atoms with van der Waals surface area (Å²) in [4.78, 5) is 6.82. The van der Waals surface area contributed by atoms with E-state index in [2.05, 4.69) is 9.88 Å². The molecule has 3 aromatic rings. The van der Waals surface area contributed by atoms with Gasteiger partial charge in [-0.25, -0.2) is 17.8 Å². The van der Waals surface area contributed by atoms with Crippen LogP contribution < -0.4 is 4.90 Å². The highest BCUT2D eigenvalue weighted by Crippen LogP contribution is 2.33. The molecule has 4 nitrogen and oxygen atoms in total. The fourth-order valence-corrected chi connectivity index (χ4v) is 7.30. The summed E-state index contributed by atoms with van der Waals surface area (Å²) in [5.74, 6) is -0.374. The number of halogens is 4. The summed E-state index contributed by atoms with van der Waals surface area (Å²) in [7, 11) is -3.57. The van der Waals surface area contributed by atoms with Gasteiger partial charge in [0.1, 0.15) is 5.82 Å². The summed E-state index contributed by atoms with van der Waals surface area (Å²) < 4.78 is 39.7. The monoisotopic (exact) mass is 518 g/mol. The third-order valence-corrected chi connectivity index (χ3v) is 9.34. The normalized spacial score (nSPS) is 15.4. The molecule has 0 radical (unpaired) electrons. The summed E-state index contributed by atoms with van der Waals surface area (Å²) in [5, 5.41) is 3.13. The van der Waals surface area contributed by atoms with Crippen LogP contribution in [0.4, 0.5) is 9.52 Å². The van der Waals surface area contributed by atoms with Gasteiger partial charge in [0.2, 0.25) is 0 Å². The summed E-state index contributed by atoms with van der Waals surface area (Å²) in [6.07, 6.45) is 1.42. The van der Waals surface area contributed by atoms with Gasteiger partial charge in [0.05, 0.1) is 20.9 Å². The Balaban J connectivity index is 1.43. The fraction of sp³-hybridized carbons (Fsp3) is 0.286. The molecular formula is C21H18Cl3FN2O2S2. The molecule has 0 saturated carbocycles. The van der Waals surface area contributed by atoms with Crippen molar-refractivity contribution in [3.05, 3.63) is 73.9 Å². The second-order valence-electron chi connectivity index (χ2n) is 7.38. The van der Waals surface area contributed by atoms with E-state index in [0.29, 0.717) is 42.4 Å². The molecule has 4 rings (SSSR count). The minimum Gasteiger partial charge on any atom is -0.348 e. The van der Waals surface area contributed by atoms with Crippen molar-refractivity contribution < 1.29 is 12.8 Å². The molecule has 2 heterocycles. The molecule has 0 amide bonds. The Morgan fingerprint density at radius 1 is 1.06 bits per heavy atom. The highest BCUT2D eigenvalue weighted by atomic mass is 35.5. The molecule has 1 saturated heterocycles. The first-order chi connectivity index (χ1) is 14.7. The summed E-state index contributed by atoms with van der Waals surface area (Å²) in [5.41, 5.74) is 1.58. The Hall–Kier alpha value is -1.38. The number of nitrogens with zero attached hydrogens (tertiary/aromatic N) is 2. The lowest BCUT2D eigenvalue weighted by molar-refractivity contribution is 0.529. The van der Waals surface area contributed by atoms with Gasteiger partial charge in [0.15, 0.2) is 15.0 Å². The second kappa shape index (κ2) is 9.24. The molecule has 2 aromatic carbocycles. The zero-order valence-electron chi connectivity index (χ0n) is 16.2. The van der Waals surface area contributed by atoms with E-state index in [1.54, 1.807) is 12.1 Å². The number of anilines is 1. The van der Waals surface area contributed by atoms with E-state index in [4.69, 9.17) is 34.8 Å². The lowest BCUT2D eigenvalue weighted by atomic mass is 10.1. The van der Waals surface area contributed by atoms with E-state index in [1.165, 1.54) is 35.6 Å². The molecule has 0 unspecified atom stereocenters. The SMILES string of the molecule is O=S(=O)(c1cc(Cl)ccc1Cl)C1CCN(c2nc(Cc3cc(F)cc(Cl)c3)cs2)CC1. The molecule has 164 valence electrons. The van der Waals surface area contributed by atoms with Crippen molar-refractivity contribution >= 4 is 61.1 Å². The minimum atomic E-state index is -3.57. The van der Waals surface area contributed by atoms with Gasteiger partial charge in [0.25, 0.3) is 0 Å². The van der Waals surface area contributed by atoms with Crippen LogP contribution in [0.25, 0.3) is 0 Å². The Morgan fingerprint density at radius 3 is 2.52 bits per heavy atom. The first kappa shape index (κ1) is 22.8. The Bertz CT molecular complexity index is 1190. The lowest BCUT2D eigenvalue weighted by Crippen LogP contribution is -2.39. The van der Waals surface area contributed by atoms with Crippen molar-refractivity contribution in [3.8, 4) is 0 Å². The van der Waals surface area contributed by atoms with Gasteiger partial charge in [-0.15, -0.1) is 11.3 Å². The number of hydrogen-bond donors (Lipinski definition) is 0. The maximum Gasteiger partial charge on any atom is 0.185 e. The molecule has 31 heavy (non-hydrogen) atoms. The van der Waals surface area contributed by atoms with Gasteiger partial charge in [-0.1, -0.05) is 34.8 Å². The first-order valence-corrected chi connectivity index (χ1v) is 13.1. The number of hydrogen-bond acceptors (Lipinski definition) is 5. The Morgan fingerprint density at radius 2 is 1.81 bits per heavy atom. The summed E-state index contributed by atoms with van der Waals surface area (Å²) in [6.45, 7) is 1.14. The summed E-state index contributed by atoms with van der Waals surface area (Å²) in [6, 6.07) is 8.94. The fourth-order valence-electron chi connectivity index (χ4n) is 3.68. The van der Waals surface area contributed by atoms with Crippen molar-refractivity contribution in [2.24, 2.45) is 0 Å². The van der Waals surface area contributed by atoms with E-state index in [1.807, 2.05) is 5.38 Å². The van der Waals surface area contributed by atoms with Crippen molar-refractivity contribution in [1.29, 1.82) is 0 Å². The lowest BCUT2D eigenvalue weighted by Gasteiger charge is -2.31. The van der Waals surface area contributed by atoms with Crippen LogP contribution in [0.1, 0.15) is 24.1 Å². The Kier molecular flexibility index (Phi) is 6.79. The van der Waals surface area contributed by atoms with Crippen LogP contribution in [-0.4, -0.2) is 31.7 Å². The molecule has 1 aliphatic heterocycles. The highest BCUT2D eigenvalue weighted by Gasteiger charge is 2.33. The van der Waals surface area contributed by atoms with Crippen LogP contribution in [0.2, 0.25) is 15.1 Å². The maximum absolute atomic E-state index is 13.6. The molecule has 0 aliphatic carbocycles. The zero-order chi connectivity index (χ0) is 22.2. The van der Waals surface area contributed by atoms with Gasteiger partial charge >= 0.3 is 0 Å². The van der Waals surface area contributed by atoms with Crippen LogP contribution in [-0.2, 0) is 16.3 Å². The van der Waals surface area contributed by atoms with Gasteiger partial charge in [-0.05, 0) is 54.8 Å². The average molecular weight is 520 g/mol. The van der Waals surface area contributed by atoms with Gasteiger partial charge in [0, 0.05) is 34.9 Å². The van der Waals surface area contributed by atoms with Crippen LogP contribution in [0.3, 0.4) is 0 Å². The molecule has 10 heteroatoms. The van der Waals surface area contributed by atoms with E-state index in [-0.39, 0.29) is 15.7 Å². The second-order valence-corrected chi connectivity index (χ2v) is 11.7. The molecule has 0 spiro atoms. The average Bonchev–Trinajstić information content (AvgIpc) is 3.17. The Labute approximate surface area is 199 Å². The van der Waals surface area contributed by atoms with Crippen LogP contribution >= 0.6 is 46.1 Å². The van der Waals surface area contributed by atoms with Crippen LogP contribution in [0.5, 0.6) is 0 Å². The molecule has 1 fully saturated rings. The molecule has 1 aliphatic rings. The maximum atomic E-state index is 13.6. The van der Waals surface area contributed by atoms with E-state index < -0.39 is 15.1 Å². The van der Waals surface area contributed by atoms with Crippen molar-refractivity contribution in [3.63, 3.8) is 0 Å². The quantitative estimate of drug-likeness (QED) is 0.398. The third-order valence-electron chi connectivity index (χ3n) is 5.20. The number of thiazole rings is 1. The molecule has 0 N–H and O–H groups in total. The molecule has 0 atom stereocenters. The third kappa shape index (κ3) is 5.17. The van der Waals surface area contributed by atoms with E-state index in [9.17, 15) is 12.8 Å². The number of rotatable bonds is 5. The van der Waals surface area contributed by atoms with Crippen LogP contribution in [0, 0.1) is 5.82 Å². The van der Waals surface area contributed by atoms with Crippen molar-refractivity contribution in [2.75, 3.05) is 18.0 Å². The molecule has 1 aromatic heterocycles. The predicted molar refractivity (Wildman–Crippen MR) is 125 cm³/mol. The molecular weight excluding hydrogens is 502 g/mol. The largest absolute Gasteiger partial charge is 0.348 e. The van der Waals surface area contributed by atoms with Gasteiger partial charge in [-0.3, -0.25) is 0 Å². The van der Waals surface area contributed by atoms with Crippen molar-refractivity contribution in [2.45, 2.75) is 29.4 Å². The first-order valence-electron chi connectivity index (χ1n) is 9.55. The topological polar surface area (TPSA) is 50.3 Å². The number of piperidine rings is 1. The van der Waals surface area contributed by atoms with E-state index in [0.717, 1.165) is 16.4 Å². The number of aromatic nitrogens is 1. The number of benzene rings is 2. The summed E-state index contributed by atoms with van der Waals surface area (Å²) >= 11 is 19.5. The minimum absolute atomic E-state index is 0.0883. The smallest absolute Gasteiger partial charge is 0.185 e. The van der Waals surface area contributed by atoms with Crippen LogP contribution in [0.15, 0.2) is 46.7 Å². The zero-order valence-corrected chi connectivity index (χ0v) is 20.1. The standard InChI is InChI=1S/C21H18Cl3FN2O2S2/c22-14-1-2-19(24)20(11-14)31(28,29)18-3-5-27(6-4-18)21-26-17(12-30-21)9-13-7-15(23)10-16(25)8-13/h1-2,7-8,10-12,18H,3-6,9H2. The van der Waals surface area contributed by atoms with E-state index >= 15 is 0 Å². The molecule has 0 bridgehead atoms.